The van der Waals surface area contributed by atoms with Gasteiger partial charge in [0.25, 0.3) is 0 Å². The number of hydrogen-bond donors (Lipinski definition) is 1. The maximum Gasteiger partial charge on any atom is 0.169 e. The van der Waals surface area contributed by atoms with E-state index in [4.69, 9.17) is 9.98 Å². The van der Waals surface area contributed by atoms with Crippen LogP contribution in [0.5, 0.6) is 0 Å². The molecule has 0 bridgehead atoms. The summed E-state index contributed by atoms with van der Waals surface area (Å²) in [6.07, 6.45) is 41.8. The Morgan fingerprint density at radius 2 is 1.69 bits per heavy atom. The molecular weight excluding hydrogens is 583 g/mol. The molecule has 0 saturated heterocycles. The SMILES string of the molecule is CC1CCC2=C(C1)C(C)(C)C1=C2CCC(C2C=CC=C(C3C=C(C4N=C(C5=CC=CCC5)NC(C5C=CC=CC5C)=N4)C=CC3)C2C)=C1. The van der Waals surface area contributed by atoms with E-state index in [1.54, 1.807) is 33.4 Å². The molecule has 0 spiro atoms. The third kappa shape index (κ3) is 5.61. The van der Waals surface area contributed by atoms with E-state index in [1.807, 2.05) is 0 Å². The van der Waals surface area contributed by atoms with Crippen LogP contribution in [0.3, 0.4) is 0 Å². The summed E-state index contributed by atoms with van der Waals surface area (Å²) in [5, 5.41) is 3.68. The van der Waals surface area contributed by atoms with E-state index >= 15 is 0 Å². The summed E-state index contributed by atoms with van der Waals surface area (Å²) in [5.41, 5.74) is 12.7. The standard InChI is InChI=1S/C45H53N3/c1-28-21-23-38-39-24-22-33(27-41(39)45(4,5)40(38)25-28)37-20-12-19-36(30(37)3)32-16-11-17-34(26-32)43-46-42(31-14-7-6-8-15-31)47-44(48-43)35-18-10-9-13-29(35)2/h6-7,9-14,17-20,26-30,32,35,37,43H,8,15-16,21-25H2,1-5H3,(H,46,47,48). The molecule has 7 atom stereocenters. The highest BCUT2D eigenvalue weighted by Crippen LogP contribution is 2.57. The first-order valence-electron chi connectivity index (χ1n) is 18.8. The van der Waals surface area contributed by atoms with Crippen LogP contribution < -0.4 is 5.32 Å². The zero-order valence-corrected chi connectivity index (χ0v) is 29.7. The van der Waals surface area contributed by atoms with Crippen molar-refractivity contribution in [2.75, 3.05) is 0 Å². The van der Waals surface area contributed by atoms with Gasteiger partial charge in [0, 0.05) is 23.2 Å². The lowest BCUT2D eigenvalue weighted by Gasteiger charge is -2.36. The molecule has 0 aromatic carbocycles. The molecule has 0 radical (unpaired) electrons. The molecule has 3 heteroatoms. The maximum atomic E-state index is 5.31. The number of nitrogens with one attached hydrogen (secondary N) is 1. The van der Waals surface area contributed by atoms with Crippen molar-refractivity contribution in [2.24, 2.45) is 50.9 Å². The Bertz CT molecular complexity index is 1780. The van der Waals surface area contributed by atoms with Crippen LogP contribution in [0.1, 0.15) is 86.0 Å². The predicted octanol–water partition coefficient (Wildman–Crippen LogP) is 10.8. The number of hydrogen-bond acceptors (Lipinski definition) is 3. The second-order valence-electron chi connectivity index (χ2n) is 16.1. The fourth-order valence-corrected chi connectivity index (χ4v) is 9.76. The van der Waals surface area contributed by atoms with Crippen molar-refractivity contribution in [3.63, 3.8) is 0 Å². The summed E-state index contributed by atoms with van der Waals surface area (Å²) < 4.78 is 0. The van der Waals surface area contributed by atoms with Crippen molar-refractivity contribution in [1.82, 2.24) is 5.32 Å². The quantitative estimate of drug-likeness (QED) is 0.321. The number of allylic oxidation sites excluding steroid dienone is 18. The molecule has 3 nitrogen and oxygen atoms in total. The molecule has 0 aromatic rings. The zero-order valence-electron chi connectivity index (χ0n) is 29.7. The monoisotopic (exact) mass is 635 g/mol. The Kier molecular flexibility index (Phi) is 8.30. The zero-order chi connectivity index (χ0) is 33.0. The van der Waals surface area contributed by atoms with E-state index < -0.39 is 0 Å². The molecule has 0 fully saturated rings. The number of rotatable bonds is 5. The minimum atomic E-state index is -0.225. The Hall–Kier alpha value is -3.72. The van der Waals surface area contributed by atoms with Gasteiger partial charge in [-0.2, -0.15) is 0 Å². The highest BCUT2D eigenvalue weighted by molar-refractivity contribution is 6.11. The molecule has 7 unspecified atom stereocenters. The normalized spacial score (nSPS) is 35.2. The van der Waals surface area contributed by atoms with E-state index in [-0.39, 0.29) is 17.5 Å². The maximum absolute atomic E-state index is 5.31. The molecule has 1 aliphatic heterocycles. The van der Waals surface area contributed by atoms with Gasteiger partial charge >= 0.3 is 0 Å². The van der Waals surface area contributed by atoms with Crippen LogP contribution in [0.2, 0.25) is 0 Å². The number of fused-ring (bicyclic) bond motifs is 1. The van der Waals surface area contributed by atoms with Crippen molar-refractivity contribution in [3.8, 4) is 0 Å². The third-order valence-electron chi connectivity index (χ3n) is 12.6. The first-order chi connectivity index (χ1) is 23.3. The molecule has 8 aliphatic rings. The minimum Gasteiger partial charge on any atom is -0.328 e. The van der Waals surface area contributed by atoms with Crippen LogP contribution in [-0.4, -0.2) is 17.8 Å². The Morgan fingerprint density at radius 1 is 0.833 bits per heavy atom. The summed E-state index contributed by atoms with van der Waals surface area (Å²) in [6.45, 7) is 12.2. The molecule has 1 N–H and O–H groups in total. The Labute approximate surface area is 289 Å². The highest BCUT2D eigenvalue weighted by Gasteiger charge is 2.42. The van der Waals surface area contributed by atoms with Crippen molar-refractivity contribution in [3.05, 3.63) is 130 Å². The summed E-state index contributed by atoms with van der Waals surface area (Å²) in [7, 11) is 0. The number of nitrogens with zero attached hydrogens (tertiary/aromatic N) is 2. The van der Waals surface area contributed by atoms with Gasteiger partial charge in [-0.3, -0.25) is 0 Å². The first-order valence-corrected chi connectivity index (χ1v) is 18.8. The fourth-order valence-electron chi connectivity index (χ4n) is 9.76. The fraction of sp³-hybridized carbons (Fsp3) is 0.467. The second-order valence-corrected chi connectivity index (χ2v) is 16.1. The summed E-state index contributed by atoms with van der Waals surface area (Å²) in [6, 6.07) is 0. The van der Waals surface area contributed by atoms with Gasteiger partial charge < -0.3 is 5.32 Å². The van der Waals surface area contributed by atoms with Gasteiger partial charge in [-0.15, -0.1) is 0 Å². The minimum absolute atomic E-state index is 0.177. The van der Waals surface area contributed by atoms with E-state index in [1.165, 1.54) is 43.3 Å². The first kappa shape index (κ1) is 31.5. The van der Waals surface area contributed by atoms with Crippen LogP contribution in [0.15, 0.2) is 140 Å². The molecule has 8 rings (SSSR count). The van der Waals surface area contributed by atoms with Crippen LogP contribution >= 0.6 is 0 Å². The van der Waals surface area contributed by atoms with E-state index in [2.05, 4.69) is 125 Å². The van der Waals surface area contributed by atoms with E-state index in [0.717, 1.165) is 36.9 Å². The average Bonchev–Trinajstić information content (AvgIpc) is 3.33. The average molecular weight is 636 g/mol. The van der Waals surface area contributed by atoms with Gasteiger partial charge in [-0.1, -0.05) is 136 Å². The highest BCUT2D eigenvalue weighted by atomic mass is 15.2. The van der Waals surface area contributed by atoms with Gasteiger partial charge in [0.05, 0.1) is 0 Å². The van der Waals surface area contributed by atoms with Gasteiger partial charge in [-0.05, 0) is 97.0 Å². The molecule has 0 aromatic heterocycles. The summed E-state index contributed by atoms with van der Waals surface area (Å²) >= 11 is 0. The molecule has 1 heterocycles. The molecule has 0 amide bonds. The topological polar surface area (TPSA) is 36.8 Å². The number of aliphatic imine (C=N–C) groups is 2. The molecule has 7 aliphatic carbocycles. The van der Waals surface area contributed by atoms with Gasteiger partial charge in [0.1, 0.15) is 11.7 Å². The smallest absolute Gasteiger partial charge is 0.169 e. The van der Waals surface area contributed by atoms with Gasteiger partial charge in [0.2, 0.25) is 0 Å². The van der Waals surface area contributed by atoms with Crippen LogP contribution in [0, 0.1) is 40.9 Å². The van der Waals surface area contributed by atoms with Crippen LogP contribution in [0.4, 0.5) is 0 Å². The van der Waals surface area contributed by atoms with Crippen molar-refractivity contribution in [1.29, 1.82) is 0 Å². The molecular formula is C45H53N3. The summed E-state index contributed by atoms with van der Waals surface area (Å²) in [5.74, 6) is 4.76. The van der Waals surface area contributed by atoms with E-state index in [0.29, 0.717) is 23.7 Å². The second kappa shape index (κ2) is 12.6. The third-order valence-corrected chi connectivity index (χ3v) is 12.6. The Morgan fingerprint density at radius 3 is 2.52 bits per heavy atom. The van der Waals surface area contributed by atoms with Crippen molar-refractivity contribution in [2.45, 2.75) is 92.2 Å². The van der Waals surface area contributed by atoms with Crippen molar-refractivity contribution >= 4 is 11.7 Å². The molecule has 0 saturated carbocycles. The van der Waals surface area contributed by atoms with Crippen LogP contribution in [-0.2, 0) is 0 Å². The lowest BCUT2D eigenvalue weighted by atomic mass is 9.69. The lowest BCUT2D eigenvalue weighted by molar-refractivity contribution is 0.433. The number of amidine groups is 2. The Balaban J connectivity index is 1.06. The predicted molar refractivity (Wildman–Crippen MR) is 203 cm³/mol. The summed E-state index contributed by atoms with van der Waals surface area (Å²) in [4.78, 5) is 10.6. The lowest BCUT2D eigenvalue weighted by Crippen LogP contribution is -2.43. The van der Waals surface area contributed by atoms with Gasteiger partial charge in [0.15, 0.2) is 6.17 Å². The van der Waals surface area contributed by atoms with Crippen LogP contribution in [0.25, 0.3) is 0 Å². The molecule has 48 heavy (non-hydrogen) atoms. The van der Waals surface area contributed by atoms with Gasteiger partial charge in [-0.25, -0.2) is 9.98 Å². The molecule has 248 valence electrons. The largest absolute Gasteiger partial charge is 0.328 e. The van der Waals surface area contributed by atoms with E-state index in [9.17, 15) is 0 Å². The van der Waals surface area contributed by atoms with Crippen molar-refractivity contribution < 1.29 is 0 Å².